The minimum Gasteiger partial charge on any atom is -0.356 e. The number of rotatable bonds is 1. The van der Waals surface area contributed by atoms with Gasteiger partial charge >= 0.3 is 0 Å². The summed E-state index contributed by atoms with van der Waals surface area (Å²) in [6.45, 7) is 4.01. The van der Waals surface area contributed by atoms with Gasteiger partial charge in [0.25, 0.3) is 0 Å². The highest BCUT2D eigenvalue weighted by atomic mass is 15.2. The zero-order valence-corrected chi connectivity index (χ0v) is 8.90. The van der Waals surface area contributed by atoms with Crippen molar-refractivity contribution in [3.05, 3.63) is 17.6 Å². The van der Waals surface area contributed by atoms with E-state index in [4.69, 9.17) is 5.26 Å². The fourth-order valence-corrected chi connectivity index (χ4v) is 1.98. The van der Waals surface area contributed by atoms with Gasteiger partial charge in [0.15, 0.2) is 0 Å². The minimum atomic E-state index is 0.491. The summed E-state index contributed by atoms with van der Waals surface area (Å²) in [7, 11) is 0. The van der Waals surface area contributed by atoms with Crippen LogP contribution < -0.4 is 4.90 Å². The molecule has 0 aromatic carbocycles. The molecule has 2 heterocycles. The number of nitriles is 1. The van der Waals surface area contributed by atoms with Crippen LogP contribution in [0.1, 0.15) is 30.5 Å². The standard InChI is InChI=1S/C11H14N4/c1-9-10(7-12)13-8-14-11(9)15-5-3-2-4-6-15/h8H,2-6H2,1H3. The van der Waals surface area contributed by atoms with Gasteiger partial charge in [-0.1, -0.05) is 0 Å². The van der Waals surface area contributed by atoms with E-state index in [0.717, 1.165) is 24.5 Å². The zero-order chi connectivity index (χ0) is 10.7. The molecule has 2 rings (SSSR count). The quantitative estimate of drug-likeness (QED) is 0.694. The zero-order valence-electron chi connectivity index (χ0n) is 8.90. The summed E-state index contributed by atoms with van der Waals surface area (Å²) in [5, 5.41) is 8.88. The minimum absolute atomic E-state index is 0.491. The summed E-state index contributed by atoms with van der Waals surface area (Å²) in [6.07, 6.45) is 5.21. The van der Waals surface area contributed by atoms with E-state index in [1.165, 1.54) is 25.6 Å². The molecule has 0 saturated carbocycles. The summed E-state index contributed by atoms with van der Waals surface area (Å²) in [4.78, 5) is 10.5. The number of nitrogens with zero attached hydrogens (tertiary/aromatic N) is 4. The van der Waals surface area contributed by atoms with Crippen molar-refractivity contribution in [3.63, 3.8) is 0 Å². The number of piperidine rings is 1. The molecule has 0 N–H and O–H groups in total. The summed E-state index contributed by atoms with van der Waals surface area (Å²) < 4.78 is 0. The van der Waals surface area contributed by atoms with Crippen molar-refractivity contribution < 1.29 is 0 Å². The average Bonchev–Trinajstić information content (AvgIpc) is 2.30. The highest BCUT2D eigenvalue weighted by molar-refractivity contribution is 5.51. The normalized spacial score (nSPS) is 16.1. The first-order valence-electron chi connectivity index (χ1n) is 5.29. The van der Waals surface area contributed by atoms with Gasteiger partial charge in [-0.3, -0.25) is 0 Å². The average molecular weight is 202 g/mol. The Balaban J connectivity index is 2.31. The van der Waals surface area contributed by atoms with Crippen LogP contribution in [-0.2, 0) is 0 Å². The number of anilines is 1. The maximum absolute atomic E-state index is 8.88. The molecule has 0 spiro atoms. The molecule has 1 aliphatic rings. The predicted molar refractivity (Wildman–Crippen MR) is 57.5 cm³/mol. The lowest BCUT2D eigenvalue weighted by Gasteiger charge is -2.28. The van der Waals surface area contributed by atoms with Crippen molar-refractivity contribution in [1.29, 1.82) is 5.26 Å². The Hall–Kier alpha value is -1.63. The van der Waals surface area contributed by atoms with E-state index in [1.54, 1.807) is 0 Å². The molecule has 0 atom stereocenters. The Labute approximate surface area is 89.6 Å². The molecule has 4 nitrogen and oxygen atoms in total. The van der Waals surface area contributed by atoms with E-state index in [0.29, 0.717) is 5.69 Å². The molecule has 15 heavy (non-hydrogen) atoms. The fourth-order valence-electron chi connectivity index (χ4n) is 1.98. The van der Waals surface area contributed by atoms with Crippen molar-refractivity contribution in [2.24, 2.45) is 0 Å². The van der Waals surface area contributed by atoms with Gasteiger partial charge in [0.1, 0.15) is 23.9 Å². The third-order valence-electron chi connectivity index (χ3n) is 2.82. The predicted octanol–water partition coefficient (Wildman–Crippen LogP) is 1.65. The highest BCUT2D eigenvalue weighted by Gasteiger charge is 2.16. The van der Waals surface area contributed by atoms with Crippen LogP contribution in [0.2, 0.25) is 0 Å². The van der Waals surface area contributed by atoms with Crippen LogP contribution >= 0.6 is 0 Å². The van der Waals surface area contributed by atoms with Gasteiger partial charge in [0.05, 0.1) is 0 Å². The van der Waals surface area contributed by atoms with Crippen molar-refractivity contribution in [3.8, 4) is 6.07 Å². The summed E-state index contributed by atoms with van der Waals surface area (Å²) in [6, 6.07) is 2.10. The van der Waals surface area contributed by atoms with Crippen LogP contribution in [0.5, 0.6) is 0 Å². The van der Waals surface area contributed by atoms with Crippen LogP contribution in [-0.4, -0.2) is 23.1 Å². The first-order valence-corrected chi connectivity index (χ1v) is 5.29. The number of hydrogen-bond donors (Lipinski definition) is 0. The molecule has 1 aromatic heterocycles. The Morgan fingerprint density at radius 2 is 2.00 bits per heavy atom. The Kier molecular flexibility index (Phi) is 2.82. The first kappa shape index (κ1) is 9.91. The second-order valence-corrected chi connectivity index (χ2v) is 3.83. The van der Waals surface area contributed by atoms with Crippen molar-refractivity contribution >= 4 is 5.82 Å². The summed E-state index contributed by atoms with van der Waals surface area (Å²) in [5.74, 6) is 0.932. The Morgan fingerprint density at radius 1 is 1.27 bits per heavy atom. The van der Waals surface area contributed by atoms with E-state index < -0.39 is 0 Å². The van der Waals surface area contributed by atoms with Gasteiger partial charge in [0, 0.05) is 18.7 Å². The lowest BCUT2D eigenvalue weighted by Crippen LogP contribution is -2.31. The van der Waals surface area contributed by atoms with Crippen LogP contribution in [0.25, 0.3) is 0 Å². The van der Waals surface area contributed by atoms with Crippen molar-refractivity contribution in [1.82, 2.24) is 9.97 Å². The molecule has 0 unspecified atom stereocenters. The topological polar surface area (TPSA) is 52.8 Å². The Bertz CT molecular complexity index is 388. The second-order valence-electron chi connectivity index (χ2n) is 3.83. The molecule has 1 aromatic rings. The van der Waals surface area contributed by atoms with Crippen LogP contribution in [0, 0.1) is 18.3 Å². The van der Waals surface area contributed by atoms with Gasteiger partial charge in [0.2, 0.25) is 0 Å². The second kappa shape index (κ2) is 4.26. The third-order valence-corrected chi connectivity index (χ3v) is 2.82. The summed E-state index contributed by atoms with van der Waals surface area (Å²) in [5.41, 5.74) is 1.40. The number of aromatic nitrogens is 2. The molecular formula is C11H14N4. The fraction of sp³-hybridized carbons (Fsp3) is 0.545. The van der Waals surface area contributed by atoms with Gasteiger partial charge in [-0.25, -0.2) is 9.97 Å². The smallest absolute Gasteiger partial charge is 0.148 e. The molecule has 78 valence electrons. The molecule has 0 amide bonds. The molecule has 1 fully saturated rings. The van der Waals surface area contributed by atoms with E-state index in [9.17, 15) is 0 Å². The monoisotopic (exact) mass is 202 g/mol. The summed E-state index contributed by atoms with van der Waals surface area (Å²) >= 11 is 0. The van der Waals surface area contributed by atoms with Gasteiger partial charge in [-0.2, -0.15) is 5.26 Å². The molecule has 0 radical (unpaired) electrons. The van der Waals surface area contributed by atoms with Gasteiger partial charge in [-0.15, -0.1) is 0 Å². The molecule has 1 saturated heterocycles. The molecule has 0 aliphatic carbocycles. The van der Waals surface area contributed by atoms with E-state index >= 15 is 0 Å². The van der Waals surface area contributed by atoms with Gasteiger partial charge < -0.3 is 4.90 Å². The lowest BCUT2D eigenvalue weighted by atomic mass is 10.1. The van der Waals surface area contributed by atoms with E-state index in [-0.39, 0.29) is 0 Å². The van der Waals surface area contributed by atoms with Crippen LogP contribution in [0.3, 0.4) is 0 Å². The van der Waals surface area contributed by atoms with Crippen molar-refractivity contribution in [2.75, 3.05) is 18.0 Å². The highest BCUT2D eigenvalue weighted by Crippen LogP contribution is 2.21. The maximum atomic E-state index is 8.88. The van der Waals surface area contributed by atoms with Crippen LogP contribution in [0.15, 0.2) is 6.33 Å². The van der Waals surface area contributed by atoms with E-state index in [1.807, 2.05) is 6.92 Å². The van der Waals surface area contributed by atoms with Crippen LogP contribution in [0.4, 0.5) is 5.82 Å². The maximum Gasteiger partial charge on any atom is 0.148 e. The van der Waals surface area contributed by atoms with Gasteiger partial charge in [-0.05, 0) is 26.2 Å². The number of hydrogen-bond acceptors (Lipinski definition) is 4. The lowest BCUT2D eigenvalue weighted by molar-refractivity contribution is 0.572. The Morgan fingerprint density at radius 3 is 2.67 bits per heavy atom. The van der Waals surface area contributed by atoms with Crippen molar-refractivity contribution in [2.45, 2.75) is 26.2 Å². The third kappa shape index (κ3) is 1.91. The molecule has 0 bridgehead atoms. The largest absolute Gasteiger partial charge is 0.356 e. The molecule has 1 aliphatic heterocycles. The van der Waals surface area contributed by atoms with E-state index in [2.05, 4.69) is 20.9 Å². The SMILES string of the molecule is Cc1c(C#N)ncnc1N1CCCCC1. The molecule has 4 heteroatoms. The molecular weight excluding hydrogens is 188 g/mol. The first-order chi connectivity index (χ1) is 7.33.